The van der Waals surface area contributed by atoms with E-state index < -0.39 is 42.1 Å². The van der Waals surface area contributed by atoms with E-state index in [1.54, 1.807) is 50.4 Å². The molecule has 0 fully saturated rings. The molecule has 1 aromatic carbocycles. The summed E-state index contributed by atoms with van der Waals surface area (Å²) in [5.74, 6) is -1.87. The quantitative estimate of drug-likeness (QED) is 0.0660. The number of hydrogen-bond donors (Lipinski definition) is 7. The van der Waals surface area contributed by atoms with Crippen LogP contribution in [0.2, 0.25) is 0 Å². The molecule has 0 bridgehead atoms. The van der Waals surface area contributed by atoms with Gasteiger partial charge < -0.3 is 43.6 Å². The van der Waals surface area contributed by atoms with E-state index in [4.69, 9.17) is 27.7 Å². The first kappa shape index (κ1) is 33.5. The molecular formula is C26H38N10O5S. The third kappa shape index (κ3) is 12.6. The smallest absolute Gasteiger partial charge is 0.408 e. The lowest BCUT2D eigenvalue weighted by molar-refractivity contribution is -0.127. The SMILES string of the molecule is CC(C)(C)OC(=O)N[C@H](Cc1cccc(N=C(N)N)c1)C(=O)NCC(=O)N[C@@H](CCCN=C(N)N)C(=O)c1nccs1. The monoisotopic (exact) mass is 602 g/mol. The first-order chi connectivity index (χ1) is 19.7. The molecule has 0 radical (unpaired) electrons. The van der Waals surface area contributed by atoms with Crippen molar-refractivity contribution >= 4 is 52.6 Å². The van der Waals surface area contributed by atoms with Gasteiger partial charge in [-0.25, -0.2) is 14.8 Å². The lowest BCUT2D eigenvalue weighted by Gasteiger charge is -2.23. The summed E-state index contributed by atoms with van der Waals surface area (Å²) in [5.41, 5.74) is 21.9. The van der Waals surface area contributed by atoms with Crippen LogP contribution in [0.5, 0.6) is 0 Å². The number of benzene rings is 1. The fourth-order valence-electron chi connectivity index (χ4n) is 3.60. The van der Waals surface area contributed by atoms with Crippen LogP contribution in [0.4, 0.5) is 10.5 Å². The summed E-state index contributed by atoms with van der Waals surface area (Å²) in [6.45, 7) is 4.86. The summed E-state index contributed by atoms with van der Waals surface area (Å²) in [5, 5.41) is 9.57. The largest absolute Gasteiger partial charge is 0.444 e. The average Bonchev–Trinajstić information content (AvgIpc) is 3.42. The molecule has 228 valence electrons. The molecule has 2 aromatic rings. The van der Waals surface area contributed by atoms with E-state index in [0.717, 1.165) is 11.3 Å². The van der Waals surface area contributed by atoms with Gasteiger partial charge in [-0.05, 0) is 51.3 Å². The van der Waals surface area contributed by atoms with Crippen molar-refractivity contribution in [3.05, 3.63) is 46.4 Å². The lowest BCUT2D eigenvalue weighted by Crippen LogP contribution is -2.52. The van der Waals surface area contributed by atoms with E-state index in [2.05, 4.69) is 30.9 Å². The molecule has 2 atom stereocenters. The molecule has 3 amide bonds. The van der Waals surface area contributed by atoms with E-state index >= 15 is 0 Å². The van der Waals surface area contributed by atoms with Crippen LogP contribution in [0.3, 0.4) is 0 Å². The van der Waals surface area contributed by atoms with Crippen LogP contribution in [0.15, 0.2) is 45.8 Å². The molecule has 1 heterocycles. The molecule has 42 heavy (non-hydrogen) atoms. The molecule has 0 saturated heterocycles. The van der Waals surface area contributed by atoms with Gasteiger partial charge in [-0.1, -0.05) is 12.1 Å². The standard InChI is InChI=1S/C26H38N10O5S/c1-26(2,3)41-25(40)36-18(13-15-6-4-7-16(12-15)34-24(29)30)21(39)33-14-19(37)35-17(8-5-9-32-23(27)28)20(38)22-31-10-11-42-22/h4,6-7,10-12,17-18H,5,8-9,13-14H2,1-3H3,(H,33,39)(H,35,37)(H,36,40)(H4,27,28,32)(H4,29,30,34)/t17-,18+/m0/s1. The Bertz CT molecular complexity index is 1280. The third-order valence-electron chi connectivity index (χ3n) is 5.28. The van der Waals surface area contributed by atoms with Gasteiger partial charge in [0.25, 0.3) is 0 Å². The fourth-order valence-corrected chi connectivity index (χ4v) is 4.23. The summed E-state index contributed by atoms with van der Waals surface area (Å²) in [6, 6.07) is 4.72. The number of guanidine groups is 2. The number of aromatic nitrogens is 1. The van der Waals surface area contributed by atoms with Crippen LogP contribution in [-0.4, -0.2) is 71.4 Å². The zero-order chi connectivity index (χ0) is 31.3. The first-order valence-electron chi connectivity index (χ1n) is 13.0. The molecule has 16 heteroatoms. The number of amides is 3. The number of carbonyl (C=O) groups is 4. The highest BCUT2D eigenvalue weighted by Gasteiger charge is 2.27. The van der Waals surface area contributed by atoms with Crippen molar-refractivity contribution in [1.82, 2.24) is 20.9 Å². The second-order valence-corrected chi connectivity index (χ2v) is 11.0. The maximum atomic E-state index is 13.2. The molecule has 0 saturated carbocycles. The van der Waals surface area contributed by atoms with Crippen molar-refractivity contribution in [1.29, 1.82) is 0 Å². The summed E-state index contributed by atoms with van der Waals surface area (Å²) in [4.78, 5) is 63.3. The van der Waals surface area contributed by atoms with Crippen molar-refractivity contribution in [3.63, 3.8) is 0 Å². The molecule has 0 aliphatic carbocycles. The Labute approximate surface area is 247 Å². The highest BCUT2D eigenvalue weighted by molar-refractivity contribution is 7.11. The van der Waals surface area contributed by atoms with Gasteiger partial charge in [-0.2, -0.15) is 0 Å². The van der Waals surface area contributed by atoms with Crippen LogP contribution < -0.4 is 38.9 Å². The topological polar surface area (TPSA) is 255 Å². The predicted molar refractivity (Wildman–Crippen MR) is 160 cm³/mol. The number of nitrogens with zero attached hydrogens (tertiary/aromatic N) is 3. The number of hydrogen-bond acceptors (Lipinski definition) is 9. The second-order valence-electron chi connectivity index (χ2n) is 10.1. The van der Waals surface area contributed by atoms with Crippen LogP contribution in [0.25, 0.3) is 0 Å². The Morgan fingerprint density at radius 2 is 1.79 bits per heavy atom. The van der Waals surface area contributed by atoms with Crippen molar-refractivity contribution in [2.45, 2.75) is 57.7 Å². The van der Waals surface area contributed by atoms with Gasteiger partial charge in [0, 0.05) is 24.5 Å². The molecule has 0 spiro atoms. The first-order valence-corrected chi connectivity index (χ1v) is 13.9. The minimum Gasteiger partial charge on any atom is -0.444 e. The number of nitrogens with two attached hydrogens (primary N) is 4. The van der Waals surface area contributed by atoms with Crippen molar-refractivity contribution in [3.8, 4) is 0 Å². The van der Waals surface area contributed by atoms with Gasteiger partial charge >= 0.3 is 6.09 Å². The average molecular weight is 603 g/mol. The predicted octanol–water partition coefficient (Wildman–Crippen LogP) is 0.0213. The van der Waals surface area contributed by atoms with Gasteiger partial charge in [0.1, 0.15) is 11.6 Å². The number of Topliss-reactive ketones (excluding diaryl/α,β-unsaturated/α-hetero) is 1. The van der Waals surface area contributed by atoms with Gasteiger partial charge in [0.2, 0.25) is 17.6 Å². The summed E-state index contributed by atoms with van der Waals surface area (Å²) < 4.78 is 5.30. The number of nitrogens with one attached hydrogen (secondary N) is 3. The number of carbonyl (C=O) groups excluding carboxylic acids is 4. The van der Waals surface area contributed by atoms with Gasteiger partial charge in [-0.3, -0.25) is 19.4 Å². The normalized spacial score (nSPS) is 12.3. The van der Waals surface area contributed by atoms with Gasteiger partial charge in [0.05, 0.1) is 18.3 Å². The zero-order valence-corrected chi connectivity index (χ0v) is 24.6. The molecular weight excluding hydrogens is 564 g/mol. The fraction of sp³-hybridized carbons (Fsp3) is 0.423. The van der Waals surface area contributed by atoms with Crippen LogP contribution in [0, 0.1) is 0 Å². The van der Waals surface area contributed by atoms with Gasteiger partial charge in [0.15, 0.2) is 16.9 Å². The Kier molecular flexibility index (Phi) is 12.7. The van der Waals surface area contributed by atoms with E-state index in [0.29, 0.717) is 17.7 Å². The number of ether oxygens (including phenoxy) is 1. The van der Waals surface area contributed by atoms with Crippen LogP contribution >= 0.6 is 11.3 Å². The van der Waals surface area contributed by atoms with E-state index in [9.17, 15) is 19.2 Å². The highest BCUT2D eigenvalue weighted by Crippen LogP contribution is 2.16. The van der Waals surface area contributed by atoms with Crippen LogP contribution in [-0.2, 0) is 20.7 Å². The number of thiazole rings is 1. The number of ketones is 1. The zero-order valence-electron chi connectivity index (χ0n) is 23.8. The molecule has 0 unspecified atom stereocenters. The number of rotatable bonds is 14. The Balaban J connectivity index is 2.11. The number of aliphatic imine (C=N–C) groups is 2. The molecule has 15 nitrogen and oxygen atoms in total. The minimum absolute atomic E-state index is 0.0382. The minimum atomic E-state index is -1.12. The van der Waals surface area contributed by atoms with Gasteiger partial charge in [-0.15, -0.1) is 11.3 Å². The number of alkyl carbamates (subject to hydrolysis) is 1. The van der Waals surface area contributed by atoms with Crippen molar-refractivity contribution in [2.75, 3.05) is 13.1 Å². The maximum absolute atomic E-state index is 13.2. The third-order valence-corrected chi connectivity index (χ3v) is 6.07. The Hall–Kier alpha value is -4.73. The summed E-state index contributed by atoms with van der Waals surface area (Å²) in [6.07, 6.45) is 1.36. The Morgan fingerprint density at radius 3 is 2.40 bits per heavy atom. The van der Waals surface area contributed by atoms with Crippen LogP contribution in [0.1, 0.15) is 49.0 Å². The molecule has 1 aromatic heterocycles. The summed E-state index contributed by atoms with van der Waals surface area (Å²) >= 11 is 1.14. The van der Waals surface area contributed by atoms with Crippen molar-refractivity contribution in [2.24, 2.45) is 32.9 Å². The van der Waals surface area contributed by atoms with E-state index in [-0.39, 0.29) is 42.1 Å². The second kappa shape index (κ2) is 15.9. The highest BCUT2D eigenvalue weighted by atomic mass is 32.1. The lowest BCUT2D eigenvalue weighted by atomic mass is 10.0. The Morgan fingerprint density at radius 1 is 1.05 bits per heavy atom. The van der Waals surface area contributed by atoms with E-state index in [1.165, 1.54) is 6.20 Å². The molecule has 2 rings (SSSR count). The van der Waals surface area contributed by atoms with Crippen molar-refractivity contribution < 1.29 is 23.9 Å². The van der Waals surface area contributed by atoms with E-state index in [1.807, 2.05) is 0 Å². The molecule has 0 aliphatic rings. The molecule has 11 N–H and O–H groups in total. The maximum Gasteiger partial charge on any atom is 0.408 e. The molecule has 0 aliphatic heterocycles. The summed E-state index contributed by atoms with van der Waals surface area (Å²) in [7, 11) is 0.